The number of nitrogens with zero attached hydrogens (tertiary/aromatic N) is 2. The maximum atomic E-state index is 14.3. The van der Waals surface area contributed by atoms with Crippen LogP contribution in [0.4, 0.5) is 4.39 Å². The fourth-order valence-electron chi connectivity index (χ4n) is 3.55. The molecule has 6 nitrogen and oxygen atoms in total. The first kappa shape index (κ1) is 19.3. The molecule has 7 heteroatoms. The van der Waals surface area contributed by atoms with E-state index in [-0.39, 0.29) is 17.2 Å². The molecule has 1 aliphatic heterocycles. The van der Waals surface area contributed by atoms with Crippen molar-refractivity contribution in [3.05, 3.63) is 76.5 Å². The molecule has 0 spiro atoms. The van der Waals surface area contributed by atoms with Crippen LogP contribution in [0.2, 0.25) is 0 Å². The number of halogens is 1. The van der Waals surface area contributed by atoms with E-state index in [0.717, 1.165) is 19.6 Å². The molecule has 2 aromatic carbocycles. The standard InChI is InChI=1S/C22H22FN3O3/c23-19-7-3-4-8-20(19)26-15-18(16-5-1-2-6-17(16)22(26)28)21(27)24-9-10-25-11-13-29-14-12-25/h1-8,15H,9-14H2,(H,24,27). The summed E-state index contributed by atoms with van der Waals surface area (Å²) in [5, 5.41) is 3.84. The quantitative estimate of drug-likeness (QED) is 0.719. The smallest absolute Gasteiger partial charge is 0.263 e. The van der Waals surface area contributed by atoms with Crippen molar-refractivity contribution >= 4 is 16.7 Å². The lowest BCUT2D eigenvalue weighted by Gasteiger charge is -2.26. The molecule has 150 valence electrons. The van der Waals surface area contributed by atoms with Crippen LogP contribution in [0.5, 0.6) is 0 Å². The molecule has 1 aromatic heterocycles. The SMILES string of the molecule is O=C(NCCN1CCOCC1)c1cn(-c2ccccc2F)c(=O)c2ccccc12. The van der Waals surface area contributed by atoms with Gasteiger partial charge in [-0.3, -0.25) is 19.1 Å². The van der Waals surface area contributed by atoms with Gasteiger partial charge in [-0.05, 0) is 18.2 Å². The Hall–Kier alpha value is -3.03. The van der Waals surface area contributed by atoms with Gasteiger partial charge in [0.25, 0.3) is 11.5 Å². The highest BCUT2D eigenvalue weighted by Crippen LogP contribution is 2.19. The number of carbonyl (C=O) groups excluding carboxylic acids is 1. The first-order valence-corrected chi connectivity index (χ1v) is 9.63. The monoisotopic (exact) mass is 395 g/mol. The van der Waals surface area contributed by atoms with E-state index < -0.39 is 5.82 Å². The molecule has 0 unspecified atom stereocenters. The summed E-state index contributed by atoms with van der Waals surface area (Å²) in [5.74, 6) is -0.817. The zero-order chi connectivity index (χ0) is 20.2. The second-order valence-corrected chi connectivity index (χ2v) is 6.92. The summed E-state index contributed by atoms with van der Waals surface area (Å²) in [7, 11) is 0. The normalized spacial score (nSPS) is 14.8. The number of hydrogen-bond donors (Lipinski definition) is 1. The summed E-state index contributed by atoms with van der Waals surface area (Å²) in [6.45, 7) is 4.29. The predicted octanol–water partition coefficient (Wildman–Crippen LogP) is 2.19. The van der Waals surface area contributed by atoms with Crippen molar-refractivity contribution in [2.45, 2.75) is 0 Å². The molecule has 29 heavy (non-hydrogen) atoms. The number of fused-ring (bicyclic) bond motifs is 1. The minimum atomic E-state index is -0.524. The Labute approximate surface area is 167 Å². The van der Waals surface area contributed by atoms with Crippen LogP contribution in [0.25, 0.3) is 16.5 Å². The van der Waals surface area contributed by atoms with Gasteiger partial charge in [-0.2, -0.15) is 0 Å². The third-order valence-electron chi connectivity index (χ3n) is 5.10. The molecule has 0 aliphatic carbocycles. The number of pyridine rings is 1. The van der Waals surface area contributed by atoms with Crippen LogP contribution < -0.4 is 10.9 Å². The molecule has 4 rings (SSSR count). The molecule has 1 aliphatic rings. The van der Waals surface area contributed by atoms with E-state index in [1.165, 1.54) is 22.9 Å². The lowest BCUT2D eigenvalue weighted by Crippen LogP contribution is -2.41. The van der Waals surface area contributed by atoms with Crippen molar-refractivity contribution in [2.24, 2.45) is 0 Å². The minimum Gasteiger partial charge on any atom is -0.379 e. The Balaban J connectivity index is 1.66. The average molecular weight is 395 g/mol. The number of hydrogen-bond acceptors (Lipinski definition) is 4. The van der Waals surface area contributed by atoms with Crippen molar-refractivity contribution in [3.8, 4) is 5.69 Å². The van der Waals surface area contributed by atoms with Gasteiger partial charge in [-0.15, -0.1) is 0 Å². The Bertz CT molecular complexity index is 1090. The number of aromatic nitrogens is 1. The molecular formula is C22H22FN3O3. The van der Waals surface area contributed by atoms with E-state index in [9.17, 15) is 14.0 Å². The summed E-state index contributed by atoms with van der Waals surface area (Å²) in [6, 6.07) is 12.9. The van der Waals surface area contributed by atoms with Crippen LogP contribution >= 0.6 is 0 Å². The molecule has 1 N–H and O–H groups in total. The van der Waals surface area contributed by atoms with Crippen LogP contribution in [0.1, 0.15) is 10.4 Å². The van der Waals surface area contributed by atoms with E-state index in [4.69, 9.17) is 4.74 Å². The third-order valence-corrected chi connectivity index (χ3v) is 5.10. The van der Waals surface area contributed by atoms with E-state index in [1.54, 1.807) is 36.4 Å². The molecule has 0 radical (unpaired) electrons. The van der Waals surface area contributed by atoms with Gasteiger partial charge in [0, 0.05) is 43.1 Å². The number of carbonyl (C=O) groups is 1. The lowest BCUT2D eigenvalue weighted by atomic mass is 10.1. The zero-order valence-electron chi connectivity index (χ0n) is 15.9. The van der Waals surface area contributed by atoms with Crippen LogP contribution in [-0.2, 0) is 4.74 Å². The predicted molar refractivity (Wildman–Crippen MR) is 109 cm³/mol. The van der Waals surface area contributed by atoms with Crippen molar-refractivity contribution < 1.29 is 13.9 Å². The second kappa shape index (κ2) is 8.55. The molecule has 0 atom stereocenters. The lowest BCUT2D eigenvalue weighted by molar-refractivity contribution is 0.0383. The van der Waals surface area contributed by atoms with Crippen LogP contribution in [0, 0.1) is 5.82 Å². The number of morpholine rings is 1. The Morgan fingerprint density at radius 1 is 1.03 bits per heavy atom. The number of para-hydroxylation sites is 1. The summed E-state index contributed by atoms with van der Waals surface area (Å²) >= 11 is 0. The second-order valence-electron chi connectivity index (χ2n) is 6.92. The summed E-state index contributed by atoms with van der Waals surface area (Å²) in [5.41, 5.74) is 0.0895. The Kier molecular flexibility index (Phi) is 5.69. The Morgan fingerprint density at radius 3 is 2.48 bits per heavy atom. The van der Waals surface area contributed by atoms with Gasteiger partial charge in [0.2, 0.25) is 0 Å². The summed E-state index contributed by atoms with van der Waals surface area (Å²) < 4.78 is 20.9. The number of amides is 1. The highest BCUT2D eigenvalue weighted by atomic mass is 19.1. The van der Waals surface area contributed by atoms with E-state index in [2.05, 4.69) is 10.2 Å². The molecule has 3 aromatic rings. The first-order chi connectivity index (χ1) is 14.1. The zero-order valence-corrected chi connectivity index (χ0v) is 15.9. The van der Waals surface area contributed by atoms with Crippen LogP contribution in [-0.4, -0.2) is 54.8 Å². The van der Waals surface area contributed by atoms with Gasteiger partial charge < -0.3 is 10.1 Å². The van der Waals surface area contributed by atoms with Gasteiger partial charge in [0.1, 0.15) is 5.82 Å². The van der Waals surface area contributed by atoms with Gasteiger partial charge in [-0.1, -0.05) is 30.3 Å². The number of rotatable bonds is 5. The highest BCUT2D eigenvalue weighted by molar-refractivity contribution is 6.06. The number of benzene rings is 2. The van der Waals surface area contributed by atoms with Crippen molar-refractivity contribution in [1.29, 1.82) is 0 Å². The fraction of sp³-hybridized carbons (Fsp3) is 0.273. The number of ether oxygens (including phenoxy) is 1. The maximum Gasteiger partial charge on any atom is 0.263 e. The van der Waals surface area contributed by atoms with Crippen molar-refractivity contribution in [3.63, 3.8) is 0 Å². The minimum absolute atomic E-state index is 0.116. The maximum absolute atomic E-state index is 14.3. The molecule has 1 saturated heterocycles. The molecule has 1 amide bonds. The highest BCUT2D eigenvalue weighted by Gasteiger charge is 2.17. The van der Waals surface area contributed by atoms with E-state index >= 15 is 0 Å². The topological polar surface area (TPSA) is 63.6 Å². The average Bonchev–Trinajstić information content (AvgIpc) is 2.75. The summed E-state index contributed by atoms with van der Waals surface area (Å²) in [4.78, 5) is 28.1. The molecule has 2 heterocycles. The van der Waals surface area contributed by atoms with Gasteiger partial charge in [0.05, 0.1) is 24.5 Å². The summed E-state index contributed by atoms with van der Waals surface area (Å²) in [6.07, 6.45) is 1.42. The van der Waals surface area contributed by atoms with Crippen LogP contribution in [0.3, 0.4) is 0 Å². The van der Waals surface area contributed by atoms with Gasteiger partial charge in [-0.25, -0.2) is 4.39 Å². The Morgan fingerprint density at radius 2 is 1.72 bits per heavy atom. The van der Waals surface area contributed by atoms with Crippen LogP contribution in [0.15, 0.2) is 59.5 Å². The first-order valence-electron chi connectivity index (χ1n) is 9.63. The van der Waals surface area contributed by atoms with E-state index in [0.29, 0.717) is 36.1 Å². The van der Waals surface area contributed by atoms with Gasteiger partial charge in [0.15, 0.2) is 0 Å². The molecule has 0 saturated carbocycles. The molecule has 1 fully saturated rings. The third kappa shape index (κ3) is 4.06. The molecule has 0 bridgehead atoms. The van der Waals surface area contributed by atoms with Crippen molar-refractivity contribution in [2.75, 3.05) is 39.4 Å². The largest absolute Gasteiger partial charge is 0.379 e. The van der Waals surface area contributed by atoms with E-state index in [1.807, 2.05) is 0 Å². The van der Waals surface area contributed by atoms with Gasteiger partial charge >= 0.3 is 0 Å². The molecular weight excluding hydrogens is 373 g/mol. The number of nitrogens with one attached hydrogen (secondary N) is 1. The fourth-order valence-corrected chi connectivity index (χ4v) is 3.55. The van der Waals surface area contributed by atoms with Crippen molar-refractivity contribution in [1.82, 2.24) is 14.8 Å².